The summed E-state index contributed by atoms with van der Waals surface area (Å²) in [5, 5.41) is 0. The molecule has 1 heterocycles. The van der Waals surface area contributed by atoms with Crippen LogP contribution in [0.5, 0.6) is 11.5 Å². The first-order valence-corrected chi connectivity index (χ1v) is 6.31. The van der Waals surface area contributed by atoms with Gasteiger partial charge in [-0.3, -0.25) is 0 Å². The summed E-state index contributed by atoms with van der Waals surface area (Å²) in [5.41, 5.74) is 6.96. The van der Waals surface area contributed by atoms with Gasteiger partial charge in [0, 0.05) is 30.7 Å². The lowest BCUT2D eigenvalue weighted by Crippen LogP contribution is -2.37. The summed E-state index contributed by atoms with van der Waals surface area (Å²) < 4.78 is 16.6. The SMILES string of the molecule is CCOCOc1ccc2c(c1)OC(C)(C)CC2N. The summed E-state index contributed by atoms with van der Waals surface area (Å²) >= 11 is 0. The van der Waals surface area contributed by atoms with E-state index < -0.39 is 0 Å². The number of ether oxygens (including phenoxy) is 3. The Labute approximate surface area is 108 Å². The second-order valence-corrected chi connectivity index (χ2v) is 5.13. The maximum Gasteiger partial charge on any atom is 0.189 e. The quantitative estimate of drug-likeness (QED) is 0.660. The van der Waals surface area contributed by atoms with Crippen molar-refractivity contribution in [2.75, 3.05) is 13.4 Å². The minimum absolute atomic E-state index is 0.0182. The topological polar surface area (TPSA) is 53.7 Å². The van der Waals surface area contributed by atoms with Gasteiger partial charge >= 0.3 is 0 Å². The van der Waals surface area contributed by atoms with Crippen LogP contribution in [0.3, 0.4) is 0 Å². The average molecular weight is 251 g/mol. The normalized spacial score (nSPS) is 21.0. The van der Waals surface area contributed by atoms with Crippen molar-refractivity contribution in [1.82, 2.24) is 0 Å². The maximum atomic E-state index is 6.15. The highest BCUT2D eigenvalue weighted by Gasteiger charge is 2.31. The van der Waals surface area contributed by atoms with Crippen molar-refractivity contribution in [3.05, 3.63) is 23.8 Å². The van der Waals surface area contributed by atoms with Crippen molar-refractivity contribution < 1.29 is 14.2 Å². The van der Waals surface area contributed by atoms with Gasteiger partial charge < -0.3 is 19.9 Å². The van der Waals surface area contributed by atoms with Crippen LogP contribution in [0.4, 0.5) is 0 Å². The molecule has 1 aromatic carbocycles. The first kappa shape index (κ1) is 13.2. The van der Waals surface area contributed by atoms with Gasteiger partial charge in [0.1, 0.15) is 17.1 Å². The van der Waals surface area contributed by atoms with Gasteiger partial charge in [-0.1, -0.05) is 6.07 Å². The molecular weight excluding hydrogens is 230 g/mol. The minimum Gasteiger partial charge on any atom is -0.487 e. The predicted molar refractivity (Wildman–Crippen MR) is 69.8 cm³/mol. The van der Waals surface area contributed by atoms with Gasteiger partial charge in [-0.15, -0.1) is 0 Å². The third-order valence-electron chi connectivity index (χ3n) is 3.00. The molecule has 0 fully saturated rings. The number of benzene rings is 1. The Kier molecular flexibility index (Phi) is 3.78. The third-order valence-corrected chi connectivity index (χ3v) is 3.00. The Hall–Kier alpha value is -1.26. The van der Waals surface area contributed by atoms with Crippen LogP contribution in [-0.4, -0.2) is 19.0 Å². The van der Waals surface area contributed by atoms with E-state index in [1.807, 2.05) is 39.0 Å². The molecule has 4 nitrogen and oxygen atoms in total. The molecule has 0 spiro atoms. The fourth-order valence-electron chi connectivity index (χ4n) is 2.17. The summed E-state index contributed by atoms with van der Waals surface area (Å²) in [4.78, 5) is 0. The number of fused-ring (bicyclic) bond motifs is 1. The van der Waals surface area contributed by atoms with Gasteiger partial charge in [0.05, 0.1) is 0 Å². The molecule has 18 heavy (non-hydrogen) atoms. The van der Waals surface area contributed by atoms with Crippen molar-refractivity contribution in [2.45, 2.75) is 38.8 Å². The second kappa shape index (κ2) is 5.16. The van der Waals surface area contributed by atoms with Crippen LogP contribution in [0.25, 0.3) is 0 Å². The molecule has 0 bridgehead atoms. The lowest BCUT2D eigenvalue weighted by atomic mass is 9.90. The van der Waals surface area contributed by atoms with Crippen LogP contribution in [-0.2, 0) is 4.74 Å². The first-order valence-electron chi connectivity index (χ1n) is 6.31. The van der Waals surface area contributed by atoms with Crippen molar-refractivity contribution in [2.24, 2.45) is 5.73 Å². The standard InChI is InChI=1S/C14H21NO3/c1-4-16-9-17-10-5-6-11-12(15)8-14(2,3)18-13(11)7-10/h5-7,12H,4,8-9,15H2,1-3H3. The van der Waals surface area contributed by atoms with Gasteiger partial charge in [-0.05, 0) is 26.8 Å². The van der Waals surface area contributed by atoms with Gasteiger partial charge in [0.25, 0.3) is 0 Å². The molecular formula is C14H21NO3. The molecule has 1 aromatic rings. The molecule has 1 unspecified atom stereocenters. The molecule has 1 atom stereocenters. The maximum absolute atomic E-state index is 6.15. The van der Waals surface area contributed by atoms with Gasteiger partial charge in [-0.2, -0.15) is 0 Å². The minimum atomic E-state index is -0.231. The van der Waals surface area contributed by atoms with E-state index in [4.69, 9.17) is 19.9 Å². The molecule has 0 saturated heterocycles. The molecule has 1 aliphatic heterocycles. The van der Waals surface area contributed by atoms with E-state index in [0.29, 0.717) is 6.61 Å². The highest BCUT2D eigenvalue weighted by atomic mass is 16.7. The van der Waals surface area contributed by atoms with E-state index in [2.05, 4.69) is 0 Å². The van der Waals surface area contributed by atoms with Crippen molar-refractivity contribution >= 4 is 0 Å². The molecule has 0 aliphatic carbocycles. The Morgan fingerprint density at radius 1 is 1.44 bits per heavy atom. The van der Waals surface area contributed by atoms with Gasteiger partial charge in [0.15, 0.2) is 6.79 Å². The Balaban J connectivity index is 2.15. The van der Waals surface area contributed by atoms with Crippen molar-refractivity contribution in [3.8, 4) is 11.5 Å². The molecule has 1 aliphatic rings. The monoisotopic (exact) mass is 251 g/mol. The average Bonchev–Trinajstić information content (AvgIpc) is 2.27. The summed E-state index contributed by atoms with van der Waals surface area (Å²) in [7, 11) is 0. The summed E-state index contributed by atoms with van der Waals surface area (Å²) in [6.07, 6.45) is 0.819. The van der Waals surface area contributed by atoms with Crippen LogP contribution in [0.2, 0.25) is 0 Å². The highest BCUT2D eigenvalue weighted by molar-refractivity contribution is 5.44. The molecule has 0 saturated carbocycles. The number of nitrogens with two attached hydrogens (primary N) is 1. The van der Waals surface area contributed by atoms with Crippen molar-refractivity contribution in [3.63, 3.8) is 0 Å². The number of hydrogen-bond acceptors (Lipinski definition) is 4. The Bertz CT molecular complexity index is 418. The molecule has 0 radical (unpaired) electrons. The van der Waals surface area contributed by atoms with Crippen LogP contribution < -0.4 is 15.2 Å². The zero-order chi connectivity index (χ0) is 13.2. The van der Waals surface area contributed by atoms with E-state index in [1.54, 1.807) is 0 Å². The molecule has 4 heteroatoms. The fourth-order valence-corrected chi connectivity index (χ4v) is 2.17. The Morgan fingerprint density at radius 3 is 2.94 bits per heavy atom. The fraction of sp³-hybridized carbons (Fsp3) is 0.571. The lowest BCUT2D eigenvalue weighted by molar-refractivity contribution is 0.0216. The van der Waals surface area contributed by atoms with Gasteiger partial charge in [-0.25, -0.2) is 0 Å². The predicted octanol–water partition coefficient (Wildman–Crippen LogP) is 2.62. The summed E-state index contributed by atoms with van der Waals surface area (Å²) in [5.74, 6) is 1.56. The van der Waals surface area contributed by atoms with Crippen molar-refractivity contribution in [1.29, 1.82) is 0 Å². The van der Waals surface area contributed by atoms with Crippen LogP contribution in [0.1, 0.15) is 38.8 Å². The lowest BCUT2D eigenvalue weighted by Gasteiger charge is -2.36. The Morgan fingerprint density at radius 2 is 2.22 bits per heavy atom. The summed E-state index contributed by atoms with van der Waals surface area (Å²) in [6, 6.07) is 5.77. The largest absolute Gasteiger partial charge is 0.487 e. The van der Waals surface area contributed by atoms with E-state index in [9.17, 15) is 0 Å². The van der Waals surface area contributed by atoms with Crippen LogP contribution >= 0.6 is 0 Å². The zero-order valence-electron chi connectivity index (χ0n) is 11.2. The zero-order valence-corrected chi connectivity index (χ0v) is 11.2. The van der Waals surface area contributed by atoms with Crippen LogP contribution in [0, 0.1) is 0 Å². The first-order chi connectivity index (χ1) is 8.52. The molecule has 100 valence electrons. The second-order valence-electron chi connectivity index (χ2n) is 5.13. The van der Waals surface area contributed by atoms with Crippen LogP contribution in [0.15, 0.2) is 18.2 Å². The smallest absolute Gasteiger partial charge is 0.189 e. The molecule has 0 aromatic heterocycles. The third kappa shape index (κ3) is 2.94. The van der Waals surface area contributed by atoms with E-state index >= 15 is 0 Å². The number of rotatable bonds is 4. The molecule has 2 rings (SSSR count). The highest BCUT2D eigenvalue weighted by Crippen LogP contribution is 2.39. The summed E-state index contributed by atoms with van der Waals surface area (Å²) in [6.45, 7) is 6.91. The molecule has 2 N–H and O–H groups in total. The van der Waals surface area contributed by atoms with Gasteiger partial charge in [0.2, 0.25) is 0 Å². The number of hydrogen-bond donors (Lipinski definition) is 1. The van der Waals surface area contributed by atoms with E-state index in [0.717, 1.165) is 23.5 Å². The molecule has 0 amide bonds. The van der Waals surface area contributed by atoms with E-state index in [1.165, 1.54) is 0 Å². The van der Waals surface area contributed by atoms with E-state index in [-0.39, 0.29) is 18.4 Å².